The zero-order valence-corrected chi connectivity index (χ0v) is 15.9. The Morgan fingerprint density at radius 1 is 1.07 bits per heavy atom. The third kappa shape index (κ3) is 4.86. The number of hydrogen-bond donors (Lipinski definition) is 2. The molecule has 2 aromatic rings. The van der Waals surface area contributed by atoms with Crippen LogP contribution in [-0.2, 0) is 9.59 Å². The summed E-state index contributed by atoms with van der Waals surface area (Å²) in [7, 11) is 2.30. The van der Waals surface area contributed by atoms with Crippen LogP contribution in [0.1, 0.15) is 19.3 Å². The molecular formula is C21H25N3O4. The van der Waals surface area contributed by atoms with Crippen molar-refractivity contribution in [3.8, 4) is 0 Å². The number of carbonyl (C=O) groups is 2. The fraction of sp³-hybridized carbons (Fsp3) is 0.381. The molecule has 3 heterocycles. The van der Waals surface area contributed by atoms with Crippen molar-refractivity contribution in [2.45, 2.75) is 31.3 Å². The second kappa shape index (κ2) is 8.84. The van der Waals surface area contributed by atoms with Crippen LogP contribution < -0.4 is 4.90 Å². The Hall–Kier alpha value is -2.93. The molecule has 2 aliphatic rings. The third-order valence-electron chi connectivity index (χ3n) is 5.47. The molecule has 0 amide bonds. The molecule has 0 aliphatic carbocycles. The lowest BCUT2D eigenvalue weighted by Gasteiger charge is -2.27. The summed E-state index contributed by atoms with van der Waals surface area (Å²) >= 11 is 0. The second-order valence-electron chi connectivity index (χ2n) is 7.18. The molecule has 0 saturated carbocycles. The number of fused-ring (bicyclic) bond motifs is 3. The number of hydrogen-bond acceptors (Lipinski definition) is 5. The summed E-state index contributed by atoms with van der Waals surface area (Å²) in [6.45, 7) is 2.34. The molecule has 2 atom stereocenters. The van der Waals surface area contributed by atoms with Gasteiger partial charge in [-0.15, -0.1) is 0 Å². The van der Waals surface area contributed by atoms with Crippen molar-refractivity contribution in [3.63, 3.8) is 0 Å². The fourth-order valence-electron chi connectivity index (χ4n) is 3.95. The van der Waals surface area contributed by atoms with Crippen molar-refractivity contribution in [2.24, 2.45) is 0 Å². The standard InChI is InChI=1S/C17H21N3.C4H4O4/c1-19-14-4-5-16(19)12-20(10-8-14)15-6-7-17-13(11-15)3-2-9-18-17;5-3(6)1-2-4(7)8/h2-3,6-7,9,11,14,16H,4-5,8,10,12H2,1H3;1-2H,(H,5,6)(H,7,8)/b;2-1+. The largest absolute Gasteiger partial charge is 0.478 e. The van der Waals surface area contributed by atoms with E-state index in [-0.39, 0.29) is 0 Å². The van der Waals surface area contributed by atoms with Gasteiger partial charge >= 0.3 is 11.9 Å². The van der Waals surface area contributed by atoms with Gasteiger partial charge in [0.15, 0.2) is 0 Å². The maximum absolute atomic E-state index is 9.55. The van der Waals surface area contributed by atoms with Crippen molar-refractivity contribution in [1.82, 2.24) is 9.88 Å². The highest BCUT2D eigenvalue weighted by Crippen LogP contribution is 2.31. The second-order valence-corrected chi connectivity index (χ2v) is 7.18. The average molecular weight is 383 g/mol. The Bertz CT molecular complexity index is 867. The summed E-state index contributed by atoms with van der Waals surface area (Å²) in [6, 6.07) is 12.4. The van der Waals surface area contributed by atoms with Crippen LogP contribution in [0.15, 0.2) is 48.7 Å². The number of carboxylic acids is 2. The average Bonchev–Trinajstić information content (AvgIpc) is 2.92. The molecule has 2 N–H and O–H groups in total. The van der Waals surface area contributed by atoms with Gasteiger partial charge in [0.1, 0.15) is 0 Å². The topological polar surface area (TPSA) is 94.0 Å². The highest BCUT2D eigenvalue weighted by molar-refractivity contribution is 5.89. The summed E-state index contributed by atoms with van der Waals surface area (Å²) in [5.41, 5.74) is 2.44. The summed E-state index contributed by atoms with van der Waals surface area (Å²) in [5, 5.41) is 16.9. The molecule has 2 aliphatic heterocycles. The first-order valence-electron chi connectivity index (χ1n) is 9.39. The van der Waals surface area contributed by atoms with E-state index in [1.54, 1.807) is 0 Å². The number of aromatic nitrogens is 1. The predicted molar refractivity (Wildman–Crippen MR) is 108 cm³/mol. The highest BCUT2D eigenvalue weighted by atomic mass is 16.4. The number of nitrogens with zero attached hydrogens (tertiary/aromatic N) is 3. The van der Waals surface area contributed by atoms with Gasteiger partial charge in [-0.05, 0) is 50.6 Å². The Kier molecular flexibility index (Phi) is 6.26. The summed E-state index contributed by atoms with van der Waals surface area (Å²) < 4.78 is 0. The van der Waals surface area contributed by atoms with Gasteiger partial charge in [-0.2, -0.15) is 0 Å². The molecule has 28 heavy (non-hydrogen) atoms. The zero-order valence-electron chi connectivity index (χ0n) is 15.9. The van der Waals surface area contributed by atoms with Gasteiger partial charge in [0.2, 0.25) is 0 Å². The number of rotatable bonds is 3. The first-order chi connectivity index (χ1) is 13.4. The molecule has 2 unspecified atom stereocenters. The van der Waals surface area contributed by atoms with Crippen LogP contribution in [0, 0.1) is 0 Å². The van der Waals surface area contributed by atoms with Crippen molar-refractivity contribution in [3.05, 3.63) is 48.7 Å². The first kappa shape index (κ1) is 19.8. The molecule has 1 aromatic carbocycles. The number of aliphatic carboxylic acids is 2. The van der Waals surface area contributed by atoms with Crippen LogP contribution in [0.4, 0.5) is 5.69 Å². The van der Waals surface area contributed by atoms with E-state index in [4.69, 9.17) is 10.2 Å². The molecule has 4 rings (SSSR count). The monoisotopic (exact) mass is 383 g/mol. The minimum Gasteiger partial charge on any atom is -0.478 e. The smallest absolute Gasteiger partial charge is 0.328 e. The zero-order chi connectivity index (χ0) is 20.1. The van der Waals surface area contributed by atoms with Crippen LogP contribution in [-0.4, -0.2) is 64.3 Å². The van der Waals surface area contributed by atoms with Gasteiger partial charge in [-0.1, -0.05) is 6.07 Å². The molecule has 7 nitrogen and oxygen atoms in total. The minimum atomic E-state index is -1.26. The molecule has 2 saturated heterocycles. The number of benzene rings is 1. The third-order valence-corrected chi connectivity index (χ3v) is 5.47. The normalized spacial score (nSPS) is 22.0. The van der Waals surface area contributed by atoms with Gasteiger partial charge in [0.05, 0.1) is 5.52 Å². The van der Waals surface area contributed by atoms with E-state index in [1.165, 1.54) is 43.4 Å². The lowest BCUT2D eigenvalue weighted by Crippen LogP contribution is -2.36. The number of anilines is 1. The number of likely N-dealkylation sites (N-methyl/N-ethyl adjacent to an activating group) is 1. The Morgan fingerprint density at radius 2 is 1.79 bits per heavy atom. The molecule has 148 valence electrons. The van der Waals surface area contributed by atoms with E-state index >= 15 is 0 Å². The van der Waals surface area contributed by atoms with E-state index in [2.05, 4.69) is 46.1 Å². The predicted octanol–water partition coefficient (Wildman–Crippen LogP) is 2.62. The van der Waals surface area contributed by atoms with Gasteiger partial charge in [-0.25, -0.2) is 9.59 Å². The SMILES string of the molecule is CN1C2CCC1CN(c1ccc3ncccc3c1)CC2.O=C(O)/C=C/C(=O)O. The van der Waals surface area contributed by atoms with Crippen LogP contribution >= 0.6 is 0 Å². The quantitative estimate of drug-likeness (QED) is 0.787. The van der Waals surface area contributed by atoms with Crippen molar-refractivity contribution in [2.75, 3.05) is 25.0 Å². The van der Waals surface area contributed by atoms with Crippen molar-refractivity contribution >= 4 is 28.5 Å². The summed E-state index contributed by atoms with van der Waals surface area (Å²) in [4.78, 5) is 28.7. The Labute approximate surface area is 163 Å². The molecule has 0 spiro atoms. The van der Waals surface area contributed by atoms with Gasteiger partial charge in [-0.3, -0.25) is 9.88 Å². The van der Waals surface area contributed by atoms with Gasteiger partial charge in [0, 0.05) is 54.6 Å². The van der Waals surface area contributed by atoms with Gasteiger partial charge < -0.3 is 15.1 Å². The van der Waals surface area contributed by atoms with E-state index in [1.807, 2.05) is 12.3 Å². The summed E-state index contributed by atoms with van der Waals surface area (Å²) in [6.07, 6.45) is 7.01. The van der Waals surface area contributed by atoms with Crippen LogP contribution in [0.25, 0.3) is 10.9 Å². The number of pyridine rings is 1. The fourth-order valence-corrected chi connectivity index (χ4v) is 3.95. The first-order valence-corrected chi connectivity index (χ1v) is 9.39. The summed E-state index contributed by atoms with van der Waals surface area (Å²) in [5.74, 6) is -2.51. The molecule has 0 radical (unpaired) electrons. The van der Waals surface area contributed by atoms with E-state index in [9.17, 15) is 9.59 Å². The van der Waals surface area contributed by atoms with Gasteiger partial charge in [0.25, 0.3) is 0 Å². The maximum atomic E-state index is 9.55. The molecule has 2 fully saturated rings. The van der Waals surface area contributed by atoms with E-state index < -0.39 is 11.9 Å². The lowest BCUT2D eigenvalue weighted by molar-refractivity contribution is -0.134. The minimum absolute atomic E-state index is 0.558. The number of carboxylic acid groups (broad SMARTS) is 2. The maximum Gasteiger partial charge on any atom is 0.328 e. The van der Waals surface area contributed by atoms with Crippen molar-refractivity contribution < 1.29 is 19.8 Å². The van der Waals surface area contributed by atoms with E-state index in [0.717, 1.165) is 17.6 Å². The Balaban J connectivity index is 0.000000242. The molecule has 1 aromatic heterocycles. The lowest BCUT2D eigenvalue weighted by atomic mass is 10.1. The molecular weight excluding hydrogens is 358 g/mol. The van der Waals surface area contributed by atoms with E-state index in [0.29, 0.717) is 12.2 Å². The Morgan fingerprint density at radius 3 is 2.50 bits per heavy atom. The van der Waals surface area contributed by atoms with Crippen LogP contribution in [0.3, 0.4) is 0 Å². The van der Waals surface area contributed by atoms with Crippen LogP contribution in [0.2, 0.25) is 0 Å². The molecule has 7 heteroatoms. The molecule has 2 bridgehead atoms. The van der Waals surface area contributed by atoms with Crippen LogP contribution in [0.5, 0.6) is 0 Å². The highest BCUT2D eigenvalue weighted by Gasteiger charge is 2.34. The van der Waals surface area contributed by atoms with Crippen molar-refractivity contribution in [1.29, 1.82) is 0 Å².